The Labute approximate surface area is 252 Å². The molecule has 0 bridgehead atoms. The van der Waals surface area contributed by atoms with Gasteiger partial charge in [-0.1, -0.05) is 72.8 Å². The third-order valence-corrected chi connectivity index (χ3v) is 8.30. The number of unbranched alkanes of at least 4 members (excludes halogenated alkanes) is 1. The summed E-state index contributed by atoms with van der Waals surface area (Å²) in [4.78, 5) is 56.4. The average molecular weight is 583 g/mol. The summed E-state index contributed by atoms with van der Waals surface area (Å²) >= 11 is 0. The number of hydrogen-bond acceptors (Lipinski definition) is 5. The second-order valence-corrected chi connectivity index (χ2v) is 11.3. The number of phenols is 1. The van der Waals surface area contributed by atoms with Gasteiger partial charge in [-0.05, 0) is 60.9 Å². The Balaban J connectivity index is 1.19. The summed E-state index contributed by atoms with van der Waals surface area (Å²) in [5.41, 5.74) is 3.05. The Kier molecular flexibility index (Phi) is 9.71. The summed E-state index contributed by atoms with van der Waals surface area (Å²) < 4.78 is 0. The van der Waals surface area contributed by atoms with Gasteiger partial charge in [0.15, 0.2) is 0 Å². The van der Waals surface area contributed by atoms with Crippen molar-refractivity contribution in [1.82, 2.24) is 20.0 Å². The first-order valence-corrected chi connectivity index (χ1v) is 14.9. The minimum Gasteiger partial charge on any atom is -0.508 e. The molecule has 0 aliphatic carbocycles. The average Bonchev–Trinajstić information content (AvgIpc) is 3.02. The summed E-state index contributed by atoms with van der Waals surface area (Å²) in [6, 6.07) is 26.2. The number of piperazine rings is 2. The fraction of sp³-hybridized carbons (Fsp3) is 0.353. The molecule has 3 aromatic carbocycles. The second-order valence-electron chi connectivity index (χ2n) is 11.3. The molecule has 3 aromatic rings. The highest BCUT2D eigenvalue weighted by atomic mass is 16.3. The number of hydrogen-bond donors (Lipinski definition) is 2. The molecule has 0 saturated carbocycles. The molecule has 4 amide bonds. The van der Waals surface area contributed by atoms with Crippen LogP contribution in [0.2, 0.25) is 0 Å². The van der Waals surface area contributed by atoms with Crippen molar-refractivity contribution in [3.63, 3.8) is 0 Å². The maximum absolute atomic E-state index is 13.4. The minimum atomic E-state index is -0.580. The van der Waals surface area contributed by atoms with Crippen molar-refractivity contribution < 1.29 is 24.3 Å². The number of phenolic OH excluding ortho intramolecular Hbond substituents is 1. The van der Waals surface area contributed by atoms with Crippen LogP contribution in [0.25, 0.3) is 0 Å². The molecule has 2 saturated heterocycles. The maximum atomic E-state index is 13.4. The third-order valence-electron chi connectivity index (χ3n) is 8.30. The predicted octanol–water partition coefficient (Wildman–Crippen LogP) is 2.91. The number of carbonyl (C=O) groups excluding carboxylic acids is 4. The van der Waals surface area contributed by atoms with Crippen LogP contribution in [-0.4, -0.2) is 81.7 Å². The number of amides is 4. The zero-order valence-electron chi connectivity index (χ0n) is 24.2. The molecule has 224 valence electrons. The van der Waals surface area contributed by atoms with Crippen LogP contribution in [0.4, 0.5) is 0 Å². The van der Waals surface area contributed by atoms with Crippen LogP contribution in [0.5, 0.6) is 5.75 Å². The highest BCUT2D eigenvalue weighted by Crippen LogP contribution is 2.21. The first-order valence-electron chi connectivity index (χ1n) is 14.9. The first kappa shape index (κ1) is 29.8. The molecule has 43 heavy (non-hydrogen) atoms. The van der Waals surface area contributed by atoms with Gasteiger partial charge in [-0.25, -0.2) is 0 Å². The van der Waals surface area contributed by atoms with E-state index in [9.17, 15) is 24.3 Å². The minimum absolute atomic E-state index is 0.134. The van der Waals surface area contributed by atoms with Crippen molar-refractivity contribution >= 4 is 23.6 Å². The Morgan fingerprint density at radius 1 is 0.674 bits per heavy atom. The Morgan fingerprint density at radius 3 is 2.05 bits per heavy atom. The second kappa shape index (κ2) is 14.0. The molecule has 0 spiro atoms. The van der Waals surface area contributed by atoms with Crippen molar-refractivity contribution in [1.29, 1.82) is 0 Å². The highest BCUT2D eigenvalue weighted by Gasteiger charge is 2.39. The number of nitrogens with zero attached hydrogens (tertiary/aromatic N) is 3. The molecule has 2 fully saturated rings. The normalized spacial score (nSPS) is 19.1. The van der Waals surface area contributed by atoms with Crippen molar-refractivity contribution in [3.8, 4) is 5.75 Å². The molecule has 9 heteroatoms. The van der Waals surface area contributed by atoms with Crippen molar-refractivity contribution in [3.05, 3.63) is 102 Å². The van der Waals surface area contributed by atoms with Gasteiger partial charge in [0.2, 0.25) is 0 Å². The molecule has 2 aliphatic rings. The number of benzene rings is 3. The lowest BCUT2D eigenvalue weighted by atomic mass is 9.99. The molecule has 2 heterocycles. The largest absolute Gasteiger partial charge is 0.508 e. The molecule has 2 aliphatic heterocycles. The van der Waals surface area contributed by atoms with Crippen LogP contribution in [0, 0.1) is 0 Å². The molecule has 0 unspecified atom stereocenters. The third kappa shape index (κ3) is 7.60. The molecule has 5 rings (SSSR count). The predicted molar refractivity (Wildman–Crippen MR) is 162 cm³/mol. The van der Waals surface area contributed by atoms with E-state index in [2.05, 4.69) is 5.32 Å². The van der Waals surface area contributed by atoms with Crippen LogP contribution in [0.1, 0.15) is 36.0 Å². The van der Waals surface area contributed by atoms with Gasteiger partial charge in [0.05, 0.1) is 6.04 Å². The zero-order chi connectivity index (χ0) is 30.2. The number of aromatic hydroxyl groups is 1. The van der Waals surface area contributed by atoms with Gasteiger partial charge in [-0.15, -0.1) is 0 Å². The SMILES string of the molecule is O=C1NC[C@@H](CCCCN2C[C@H](Cc3ccccc3)N(CCc3ccc(O)cc3)C(=O)C2=O)N(Cc2ccccc2)C1=O. The Hall–Kier alpha value is -4.66. The van der Waals surface area contributed by atoms with E-state index in [1.807, 2.05) is 72.8 Å². The highest BCUT2D eigenvalue weighted by molar-refractivity contribution is 6.36. The van der Waals surface area contributed by atoms with Gasteiger partial charge in [0, 0.05) is 38.8 Å². The number of carbonyl (C=O) groups is 4. The topological polar surface area (TPSA) is 110 Å². The molecule has 2 N–H and O–H groups in total. The zero-order valence-corrected chi connectivity index (χ0v) is 24.2. The summed E-state index contributed by atoms with van der Waals surface area (Å²) in [6.07, 6.45) is 3.33. The van der Waals surface area contributed by atoms with Crippen LogP contribution in [0.15, 0.2) is 84.9 Å². The number of nitrogens with one attached hydrogen (secondary N) is 1. The van der Waals surface area contributed by atoms with E-state index < -0.39 is 23.6 Å². The van der Waals surface area contributed by atoms with Gasteiger partial charge in [0.1, 0.15) is 5.75 Å². The summed E-state index contributed by atoms with van der Waals surface area (Å²) in [6.45, 7) is 2.09. The maximum Gasteiger partial charge on any atom is 0.312 e. The fourth-order valence-corrected chi connectivity index (χ4v) is 5.92. The van der Waals surface area contributed by atoms with Crippen molar-refractivity contribution in [2.45, 2.75) is 50.7 Å². The molecule has 2 atom stereocenters. The van der Waals surface area contributed by atoms with E-state index in [0.717, 1.165) is 23.1 Å². The molecular weight excluding hydrogens is 544 g/mol. The van der Waals surface area contributed by atoms with E-state index in [4.69, 9.17) is 0 Å². The van der Waals surface area contributed by atoms with Gasteiger partial charge in [-0.2, -0.15) is 0 Å². The molecule has 0 aromatic heterocycles. The summed E-state index contributed by atoms with van der Waals surface area (Å²) in [5, 5.41) is 12.3. The van der Waals surface area contributed by atoms with E-state index >= 15 is 0 Å². The lowest BCUT2D eigenvalue weighted by Gasteiger charge is -2.41. The Bertz CT molecular complexity index is 1410. The molecular formula is C34H38N4O5. The van der Waals surface area contributed by atoms with Gasteiger partial charge in [0.25, 0.3) is 0 Å². The van der Waals surface area contributed by atoms with Gasteiger partial charge in [-0.3, -0.25) is 19.2 Å². The fourth-order valence-electron chi connectivity index (χ4n) is 5.92. The lowest BCUT2D eigenvalue weighted by Crippen LogP contribution is -2.60. The lowest BCUT2D eigenvalue weighted by molar-refractivity contribution is -0.159. The van der Waals surface area contributed by atoms with Gasteiger partial charge < -0.3 is 25.1 Å². The van der Waals surface area contributed by atoms with Crippen LogP contribution in [0.3, 0.4) is 0 Å². The van der Waals surface area contributed by atoms with E-state index in [1.54, 1.807) is 26.8 Å². The monoisotopic (exact) mass is 582 g/mol. The van der Waals surface area contributed by atoms with Crippen LogP contribution >= 0.6 is 0 Å². The summed E-state index contributed by atoms with van der Waals surface area (Å²) in [5.74, 6) is -1.88. The first-order chi connectivity index (χ1) is 20.9. The standard InChI is InChI=1S/C34H38N4O5/c39-30-16-14-25(15-17-30)18-20-37-29(21-26-9-3-1-4-10-26)24-36(33(42)34(37)43)19-8-7-13-28-22-35-31(40)32(41)38(28)23-27-11-5-2-6-12-27/h1-6,9-12,14-17,28-29,39H,7-8,13,18-24H2,(H,35,40)/t28-,29+/m1/s1. The van der Waals surface area contributed by atoms with E-state index in [0.29, 0.717) is 58.4 Å². The van der Waals surface area contributed by atoms with Crippen molar-refractivity contribution in [2.75, 3.05) is 26.2 Å². The smallest absolute Gasteiger partial charge is 0.312 e. The summed E-state index contributed by atoms with van der Waals surface area (Å²) in [7, 11) is 0. The van der Waals surface area contributed by atoms with Crippen LogP contribution in [-0.2, 0) is 38.6 Å². The van der Waals surface area contributed by atoms with Crippen LogP contribution < -0.4 is 5.32 Å². The van der Waals surface area contributed by atoms with Crippen molar-refractivity contribution in [2.24, 2.45) is 0 Å². The van der Waals surface area contributed by atoms with E-state index in [-0.39, 0.29) is 17.8 Å². The molecule has 9 nitrogen and oxygen atoms in total. The van der Waals surface area contributed by atoms with E-state index in [1.165, 1.54) is 0 Å². The Morgan fingerprint density at radius 2 is 1.35 bits per heavy atom. The van der Waals surface area contributed by atoms with Gasteiger partial charge >= 0.3 is 23.6 Å². The number of rotatable bonds is 12. The molecule has 0 radical (unpaired) electrons. The quantitative estimate of drug-likeness (QED) is 0.252.